The van der Waals surface area contributed by atoms with E-state index in [0.29, 0.717) is 0 Å². The maximum absolute atomic E-state index is 9.10. The highest BCUT2D eigenvalue weighted by molar-refractivity contribution is 6.27. The van der Waals surface area contributed by atoms with E-state index < -0.39 is 11.9 Å². The fourth-order valence-electron chi connectivity index (χ4n) is 2.23. The highest BCUT2D eigenvalue weighted by atomic mass is 16.5. The van der Waals surface area contributed by atoms with Gasteiger partial charge in [0, 0.05) is 32.7 Å². The Morgan fingerprint density at radius 1 is 1.12 bits per heavy atom. The van der Waals surface area contributed by atoms with E-state index in [1.54, 1.807) is 0 Å². The van der Waals surface area contributed by atoms with Crippen LogP contribution in [0.25, 0.3) is 0 Å². The van der Waals surface area contributed by atoms with Gasteiger partial charge in [0.1, 0.15) is 5.75 Å². The summed E-state index contributed by atoms with van der Waals surface area (Å²) >= 11 is 0. The highest BCUT2D eigenvalue weighted by Gasteiger charge is 2.08. The number of hydrogen-bond donors (Lipinski definition) is 3. The van der Waals surface area contributed by atoms with Gasteiger partial charge in [-0.25, -0.2) is 9.59 Å². The van der Waals surface area contributed by atoms with Crippen LogP contribution in [0.15, 0.2) is 24.3 Å². The predicted octanol–water partition coefficient (Wildman–Crippen LogP) is 1.08. The standard InChI is InChI=1S/C15H24N2O.C2H2O4/c1-2-14-4-6-15(7-5-14)18-13-3-10-17-11-8-16-9-12-17;3-1(4)2(5)6/h4-7,16H,2-3,8-13H2,1H3;(H,3,4)(H,5,6). The van der Waals surface area contributed by atoms with E-state index in [4.69, 9.17) is 24.5 Å². The Labute approximate surface area is 142 Å². The Morgan fingerprint density at radius 3 is 2.21 bits per heavy atom. The number of aryl methyl sites for hydroxylation is 1. The number of nitrogens with zero attached hydrogens (tertiary/aromatic N) is 1. The van der Waals surface area contributed by atoms with Crippen LogP contribution in [0.4, 0.5) is 0 Å². The van der Waals surface area contributed by atoms with E-state index in [1.807, 2.05) is 0 Å². The Hall–Kier alpha value is -2.12. The van der Waals surface area contributed by atoms with Crippen molar-refractivity contribution in [3.05, 3.63) is 29.8 Å². The van der Waals surface area contributed by atoms with Crippen LogP contribution in [0.3, 0.4) is 0 Å². The SMILES string of the molecule is CCc1ccc(OCCCN2CCNCC2)cc1.O=C(O)C(=O)O. The zero-order valence-electron chi connectivity index (χ0n) is 14.0. The molecular formula is C17H26N2O5. The van der Waals surface area contributed by atoms with Crippen LogP contribution in [0.1, 0.15) is 18.9 Å². The van der Waals surface area contributed by atoms with Gasteiger partial charge in [0.15, 0.2) is 0 Å². The highest BCUT2D eigenvalue weighted by Crippen LogP contribution is 2.12. The van der Waals surface area contributed by atoms with Crippen molar-refractivity contribution in [3.8, 4) is 5.75 Å². The molecule has 24 heavy (non-hydrogen) atoms. The zero-order chi connectivity index (χ0) is 17.8. The first kappa shape index (κ1) is 19.9. The molecule has 0 radical (unpaired) electrons. The summed E-state index contributed by atoms with van der Waals surface area (Å²) in [6, 6.07) is 8.44. The second-order valence-electron chi connectivity index (χ2n) is 5.40. The molecule has 1 heterocycles. The van der Waals surface area contributed by atoms with Crippen molar-refractivity contribution in [2.75, 3.05) is 39.3 Å². The molecule has 1 saturated heterocycles. The minimum Gasteiger partial charge on any atom is -0.494 e. The monoisotopic (exact) mass is 338 g/mol. The molecular weight excluding hydrogens is 312 g/mol. The molecule has 1 aliphatic heterocycles. The summed E-state index contributed by atoms with van der Waals surface area (Å²) in [5, 5.41) is 18.2. The van der Waals surface area contributed by atoms with Crippen molar-refractivity contribution in [1.82, 2.24) is 10.2 Å². The largest absolute Gasteiger partial charge is 0.494 e. The molecule has 7 heteroatoms. The van der Waals surface area contributed by atoms with E-state index in [0.717, 1.165) is 44.8 Å². The first-order chi connectivity index (χ1) is 11.5. The second-order valence-corrected chi connectivity index (χ2v) is 5.40. The van der Waals surface area contributed by atoms with Gasteiger partial charge < -0.3 is 25.2 Å². The average Bonchev–Trinajstić information content (AvgIpc) is 2.60. The summed E-state index contributed by atoms with van der Waals surface area (Å²) in [7, 11) is 0. The number of carboxylic acids is 2. The molecule has 0 aromatic heterocycles. The maximum Gasteiger partial charge on any atom is 0.414 e. The average molecular weight is 338 g/mol. The Bertz CT molecular complexity index is 486. The van der Waals surface area contributed by atoms with Crippen LogP contribution in [0, 0.1) is 0 Å². The summed E-state index contributed by atoms with van der Waals surface area (Å²) in [5.74, 6) is -2.66. The number of aliphatic carboxylic acids is 2. The number of ether oxygens (including phenoxy) is 1. The molecule has 0 unspecified atom stereocenters. The second kappa shape index (κ2) is 11.4. The Morgan fingerprint density at radius 2 is 1.71 bits per heavy atom. The smallest absolute Gasteiger partial charge is 0.414 e. The van der Waals surface area contributed by atoms with Crippen molar-refractivity contribution < 1.29 is 24.5 Å². The fourth-order valence-corrected chi connectivity index (χ4v) is 2.23. The molecule has 1 aromatic carbocycles. The van der Waals surface area contributed by atoms with Crippen LogP contribution >= 0.6 is 0 Å². The molecule has 134 valence electrons. The van der Waals surface area contributed by atoms with Gasteiger partial charge in [-0.3, -0.25) is 0 Å². The van der Waals surface area contributed by atoms with Crippen LogP contribution in [0.2, 0.25) is 0 Å². The van der Waals surface area contributed by atoms with Crippen LogP contribution in [-0.4, -0.2) is 66.4 Å². The van der Waals surface area contributed by atoms with Gasteiger partial charge in [0.05, 0.1) is 6.61 Å². The number of carboxylic acid groups (broad SMARTS) is 2. The van der Waals surface area contributed by atoms with Gasteiger partial charge in [0.25, 0.3) is 0 Å². The number of rotatable bonds is 6. The predicted molar refractivity (Wildman–Crippen MR) is 90.5 cm³/mol. The lowest BCUT2D eigenvalue weighted by atomic mass is 10.2. The normalized spacial score (nSPS) is 14.4. The maximum atomic E-state index is 9.10. The Balaban J connectivity index is 0.000000413. The minimum absolute atomic E-state index is 0.815. The molecule has 0 spiro atoms. The van der Waals surface area contributed by atoms with Crippen molar-refractivity contribution in [1.29, 1.82) is 0 Å². The number of nitrogens with one attached hydrogen (secondary N) is 1. The van der Waals surface area contributed by atoms with Gasteiger partial charge in [-0.05, 0) is 30.5 Å². The molecule has 0 amide bonds. The summed E-state index contributed by atoms with van der Waals surface area (Å²) in [4.78, 5) is 20.7. The molecule has 1 fully saturated rings. The molecule has 0 bridgehead atoms. The topological polar surface area (TPSA) is 99.1 Å². The third-order valence-corrected chi connectivity index (χ3v) is 3.61. The van der Waals surface area contributed by atoms with Crippen molar-refractivity contribution in [2.45, 2.75) is 19.8 Å². The van der Waals surface area contributed by atoms with Gasteiger partial charge in [0.2, 0.25) is 0 Å². The van der Waals surface area contributed by atoms with Crippen LogP contribution in [0.5, 0.6) is 5.75 Å². The third kappa shape index (κ3) is 8.50. The third-order valence-electron chi connectivity index (χ3n) is 3.61. The lowest BCUT2D eigenvalue weighted by Gasteiger charge is -2.26. The van der Waals surface area contributed by atoms with E-state index in [9.17, 15) is 0 Å². The number of hydrogen-bond acceptors (Lipinski definition) is 5. The lowest BCUT2D eigenvalue weighted by molar-refractivity contribution is -0.159. The number of carbonyl (C=O) groups is 2. The fraction of sp³-hybridized carbons (Fsp3) is 0.529. The van der Waals surface area contributed by atoms with Gasteiger partial charge in [-0.15, -0.1) is 0 Å². The van der Waals surface area contributed by atoms with Gasteiger partial charge >= 0.3 is 11.9 Å². The summed E-state index contributed by atoms with van der Waals surface area (Å²) < 4.78 is 5.75. The van der Waals surface area contributed by atoms with Crippen molar-refractivity contribution >= 4 is 11.9 Å². The lowest BCUT2D eigenvalue weighted by Crippen LogP contribution is -2.43. The van der Waals surface area contributed by atoms with Crippen molar-refractivity contribution in [2.24, 2.45) is 0 Å². The van der Waals surface area contributed by atoms with Crippen molar-refractivity contribution in [3.63, 3.8) is 0 Å². The molecule has 1 aromatic rings. The van der Waals surface area contributed by atoms with E-state index in [1.165, 1.54) is 18.7 Å². The molecule has 0 atom stereocenters. The zero-order valence-corrected chi connectivity index (χ0v) is 14.0. The molecule has 1 aliphatic rings. The van der Waals surface area contributed by atoms with Crippen LogP contribution < -0.4 is 10.1 Å². The van der Waals surface area contributed by atoms with E-state index in [2.05, 4.69) is 41.4 Å². The van der Waals surface area contributed by atoms with Gasteiger partial charge in [-0.1, -0.05) is 19.1 Å². The number of benzene rings is 1. The molecule has 7 nitrogen and oxygen atoms in total. The van der Waals surface area contributed by atoms with E-state index >= 15 is 0 Å². The molecule has 2 rings (SSSR count). The molecule has 0 aliphatic carbocycles. The summed E-state index contributed by atoms with van der Waals surface area (Å²) in [6.07, 6.45) is 2.19. The first-order valence-corrected chi connectivity index (χ1v) is 8.14. The first-order valence-electron chi connectivity index (χ1n) is 8.14. The van der Waals surface area contributed by atoms with Gasteiger partial charge in [-0.2, -0.15) is 0 Å². The molecule has 3 N–H and O–H groups in total. The minimum atomic E-state index is -1.82. The summed E-state index contributed by atoms with van der Waals surface area (Å²) in [6.45, 7) is 8.72. The number of piperazine rings is 1. The van der Waals surface area contributed by atoms with E-state index in [-0.39, 0.29) is 0 Å². The Kier molecular flexibility index (Phi) is 9.48. The summed E-state index contributed by atoms with van der Waals surface area (Å²) in [5.41, 5.74) is 1.36. The van der Waals surface area contributed by atoms with Crippen LogP contribution in [-0.2, 0) is 16.0 Å². The molecule has 0 saturated carbocycles. The quantitative estimate of drug-likeness (QED) is 0.527.